The van der Waals surface area contributed by atoms with Gasteiger partial charge >= 0.3 is 0 Å². The lowest BCUT2D eigenvalue weighted by molar-refractivity contribution is 0.0937. The van der Waals surface area contributed by atoms with Crippen molar-refractivity contribution < 1.29 is 31.4 Å². The number of amides is 2. The number of carbonyl (C=O) groups is 2. The van der Waals surface area contributed by atoms with Crippen molar-refractivity contribution in [1.82, 2.24) is 20.0 Å². The van der Waals surface area contributed by atoms with Crippen LogP contribution in [-0.4, -0.2) is 36.2 Å². The normalized spacial score (nSPS) is 11.3. The zero-order valence-corrected chi connectivity index (χ0v) is 24.9. The summed E-state index contributed by atoms with van der Waals surface area (Å²) in [5.41, 5.74) is 3.28. The Morgan fingerprint density at radius 1 is 0.881 bits per heavy atom. The van der Waals surface area contributed by atoms with Gasteiger partial charge in [0, 0.05) is 21.6 Å². The molecule has 9 nitrogen and oxygen atoms in total. The molecule has 0 saturated heterocycles. The minimum absolute atomic E-state index is 0. The molecular weight excluding hydrogens is 559 g/mol. The third-order valence-electron chi connectivity index (χ3n) is 6.20. The standard InChI is InChI=1S/C31H31FN4O5S.3H2/c1-17(2)33-29(37)23-11-10-22(16-25(23)32)26-13-12-24(30(38)36-42(39,40)27-9-7-8-21(6)34-27)31(35-26)41-28-19(4)14-18(3)15-20(28)5;;;/h7-17H,1-6H3,(H,33,37)(H,36,38);3*1H. The van der Waals surface area contributed by atoms with Gasteiger partial charge in [-0.15, -0.1) is 0 Å². The first-order valence-corrected chi connectivity index (χ1v) is 14.6. The lowest BCUT2D eigenvalue weighted by Crippen LogP contribution is -2.31. The van der Waals surface area contributed by atoms with Crippen molar-refractivity contribution in [3.63, 3.8) is 0 Å². The maximum absolute atomic E-state index is 15.0. The predicted molar refractivity (Wildman–Crippen MR) is 163 cm³/mol. The van der Waals surface area contributed by atoms with Gasteiger partial charge in [0.2, 0.25) is 5.88 Å². The van der Waals surface area contributed by atoms with Crippen molar-refractivity contribution in [2.24, 2.45) is 0 Å². The molecule has 0 aliphatic carbocycles. The number of hydrogen-bond donors (Lipinski definition) is 2. The van der Waals surface area contributed by atoms with E-state index in [9.17, 15) is 22.4 Å². The molecular formula is C31H37FN4O5S. The summed E-state index contributed by atoms with van der Waals surface area (Å²) in [5.74, 6) is -2.03. The van der Waals surface area contributed by atoms with E-state index in [0.717, 1.165) is 22.8 Å². The van der Waals surface area contributed by atoms with Gasteiger partial charge in [0.1, 0.15) is 17.1 Å². The van der Waals surface area contributed by atoms with E-state index >= 15 is 0 Å². The summed E-state index contributed by atoms with van der Waals surface area (Å²) in [6.07, 6.45) is 0. The predicted octanol–water partition coefficient (Wildman–Crippen LogP) is 6.30. The van der Waals surface area contributed by atoms with Crippen LogP contribution in [0.5, 0.6) is 11.6 Å². The highest BCUT2D eigenvalue weighted by Crippen LogP contribution is 2.33. The molecule has 2 amide bonds. The zero-order chi connectivity index (χ0) is 30.8. The molecule has 0 radical (unpaired) electrons. The number of sulfonamides is 1. The minimum Gasteiger partial charge on any atom is -0.438 e. The van der Waals surface area contributed by atoms with E-state index in [4.69, 9.17) is 4.74 Å². The van der Waals surface area contributed by atoms with E-state index < -0.39 is 27.7 Å². The minimum atomic E-state index is -4.31. The van der Waals surface area contributed by atoms with Gasteiger partial charge in [0.25, 0.3) is 21.8 Å². The van der Waals surface area contributed by atoms with Gasteiger partial charge in [-0.1, -0.05) is 29.8 Å². The number of carbonyl (C=O) groups excluding carboxylic acids is 2. The Hall–Kier alpha value is -4.64. The maximum Gasteiger partial charge on any atom is 0.281 e. The van der Waals surface area contributed by atoms with E-state index in [-0.39, 0.29) is 38.0 Å². The summed E-state index contributed by atoms with van der Waals surface area (Å²) in [7, 11) is -4.31. The highest BCUT2D eigenvalue weighted by molar-refractivity contribution is 7.90. The third kappa shape index (κ3) is 6.80. The van der Waals surface area contributed by atoms with Crippen LogP contribution in [0.4, 0.5) is 4.39 Å². The van der Waals surface area contributed by atoms with E-state index in [0.29, 0.717) is 17.0 Å². The number of pyridine rings is 2. The Bertz CT molecular complexity index is 1800. The Balaban J connectivity index is 0.00000337. The maximum atomic E-state index is 15.0. The number of nitrogens with zero attached hydrogens (tertiary/aromatic N) is 2. The molecule has 0 aliphatic rings. The fourth-order valence-electron chi connectivity index (χ4n) is 4.37. The number of hydrogen-bond acceptors (Lipinski definition) is 7. The quantitative estimate of drug-likeness (QED) is 0.244. The fourth-order valence-corrected chi connectivity index (χ4v) is 5.35. The van der Waals surface area contributed by atoms with Crippen molar-refractivity contribution in [1.29, 1.82) is 0 Å². The van der Waals surface area contributed by atoms with Crippen LogP contribution in [0.25, 0.3) is 11.3 Å². The van der Waals surface area contributed by atoms with Crippen LogP contribution >= 0.6 is 0 Å². The summed E-state index contributed by atoms with van der Waals surface area (Å²) < 4.78 is 49.0. The van der Waals surface area contributed by atoms with Crippen LogP contribution in [0.15, 0.2) is 65.7 Å². The molecule has 4 rings (SSSR count). The summed E-state index contributed by atoms with van der Waals surface area (Å²) in [6, 6.07) is 14.9. The van der Waals surface area contributed by atoms with Crippen molar-refractivity contribution in [3.05, 3.63) is 100.0 Å². The first kappa shape index (κ1) is 30.3. The van der Waals surface area contributed by atoms with Gasteiger partial charge in [0.15, 0.2) is 5.03 Å². The molecule has 0 bridgehead atoms. The highest BCUT2D eigenvalue weighted by Gasteiger charge is 2.25. The molecule has 2 aromatic carbocycles. The Labute approximate surface area is 248 Å². The molecule has 11 heteroatoms. The number of nitrogens with one attached hydrogen (secondary N) is 2. The van der Waals surface area contributed by atoms with Crippen molar-refractivity contribution in [2.75, 3.05) is 0 Å². The monoisotopic (exact) mass is 596 g/mol. The van der Waals surface area contributed by atoms with Crippen molar-refractivity contribution in [2.45, 2.75) is 52.6 Å². The number of halogens is 1. The summed E-state index contributed by atoms with van der Waals surface area (Å²) in [5, 5.41) is 2.34. The van der Waals surface area contributed by atoms with Crippen LogP contribution < -0.4 is 14.8 Å². The molecule has 0 unspecified atom stereocenters. The second-order valence-corrected chi connectivity index (χ2v) is 11.9. The number of aromatic nitrogens is 2. The molecule has 0 spiro atoms. The van der Waals surface area contributed by atoms with Gasteiger partial charge in [-0.25, -0.2) is 19.1 Å². The van der Waals surface area contributed by atoms with Gasteiger partial charge in [-0.2, -0.15) is 8.42 Å². The fraction of sp³-hybridized carbons (Fsp3) is 0.226. The average Bonchev–Trinajstić information content (AvgIpc) is 2.89. The molecule has 0 atom stereocenters. The van der Waals surface area contributed by atoms with Crippen molar-refractivity contribution >= 4 is 21.8 Å². The molecule has 2 N–H and O–H groups in total. The number of benzene rings is 2. The summed E-state index contributed by atoms with van der Waals surface area (Å²) >= 11 is 0. The largest absolute Gasteiger partial charge is 0.438 e. The smallest absolute Gasteiger partial charge is 0.281 e. The zero-order valence-electron chi connectivity index (χ0n) is 24.1. The van der Waals surface area contributed by atoms with E-state index in [1.807, 2.05) is 37.6 Å². The first-order chi connectivity index (χ1) is 19.7. The molecule has 4 aromatic rings. The van der Waals surface area contributed by atoms with Crippen LogP contribution in [-0.2, 0) is 10.0 Å². The van der Waals surface area contributed by atoms with Gasteiger partial charge in [0.05, 0.1) is 11.3 Å². The molecule has 224 valence electrons. The first-order valence-electron chi connectivity index (χ1n) is 13.1. The molecule has 0 saturated carbocycles. The van der Waals surface area contributed by atoms with Crippen LogP contribution in [0, 0.1) is 33.5 Å². The summed E-state index contributed by atoms with van der Waals surface area (Å²) in [4.78, 5) is 34.1. The second kappa shape index (κ2) is 12.1. The van der Waals surface area contributed by atoms with Gasteiger partial charge in [-0.05, 0) is 89.1 Å². The Morgan fingerprint density at radius 3 is 2.17 bits per heavy atom. The number of aryl methyl sites for hydroxylation is 4. The third-order valence-corrected chi connectivity index (χ3v) is 7.43. The van der Waals surface area contributed by atoms with Gasteiger partial charge in [-0.3, -0.25) is 9.59 Å². The Morgan fingerprint density at radius 2 is 1.55 bits per heavy atom. The SMILES string of the molecule is Cc1cc(C)c(Oc2nc(-c3ccc(C(=O)NC(C)C)c(F)c3)ccc2C(=O)NS(=O)(=O)c2cccc(C)n2)c(C)c1.[HH].[HH].[HH]. The Kier molecular flexibility index (Phi) is 8.72. The lowest BCUT2D eigenvalue weighted by atomic mass is 10.1. The molecule has 0 aliphatic heterocycles. The molecule has 2 heterocycles. The molecule has 2 aromatic heterocycles. The molecule has 0 fully saturated rings. The summed E-state index contributed by atoms with van der Waals surface area (Å²) in [6.45, 7) is 10.8. The highest BCUT2D eigenvalue weighted by atomic mass is 32.2. The van der Waals surface area contributed by atoms with Gasteiger partial charge < -0.3 is 10.1 Å². The van der Waals surface area contributed by atoms with Crippen LogP contribution in [0.1, 0.15) is 61.2 Å². The lowest BCUT2D eigenvalue weighted by Gasteiger charge is -2.16. The van der Waals surface area contributed by atoms with E-state index in [1.165, 1.54) is 36.4 Å². The van der Waals surface area contributed by atoms with E-state index in [2.05, 4.69) is 15.3 Å². The number of rotatable bonds is 8. The van der Waals surface area contributed by atoms with Crippen LogP contribution in [0.2, 0.25) is 0 Å². The number of ether oxygens (including phenoxy) is 1. The topological polar surface area (TPSA) is 127 Å². The second-order valence-electron chi connectivity index (χ2n) is 10.3. The van der Waals surface area contributed by atoms with Crippen LogP contribution in [0.3, 0.4) is 0 Å². The van der Waals surface area contributed by atoms with Crippen molar-refractivity contribution in [3.8, 4) is 22.9 Å². The average molecular weight is 597 g/mol. The molecule has 42 heavy (non-hydrogen) atoms. The van der Waals surface area contributed by atoms with E-state index in [1.54, 1.807) is 26.8 Å².